The molecular weight excluding hydrogens is 348 g/mol. The van der Waals surface area contributed by atoms with E-state index in [1.54, 1.807) is 30.5 Å². The van der Waals surface area contributed by atoms with Crippen LogP contribution in [-0.4, -0.2) is 22.0 Å². The zero-order valence-electron chi connectivity index (χ0n) is 13.5. The number of anilines is 2. The van der Waals surface area contributed by atoms with Gasteiger partial charge in [-0.1, -0.05) is 41.7 Å². The Labute approximate surface area is 152 Å². The van der Waals surface area contributed by atoms with Gasteiger partial charge in [-0.3, -0.25) is 9.78 Å². The number of hydrogen-bond acceptors (Lipinski definition) is 6. The number of aromatic nitrogens is 1. The molecule has 0 aliphatic carbocycles. The number of thiazole rings is 1. The number of phenolic OH excluding ortho intramolecular Hbond substituents is 1. The monoisotopic (exact) mass is 362 g/mol. The van der Waals surface area contributed by atoms with Gasteiger partial charge in [-0.2, -0.15) is 5.10 Å². The summed E-state index contributed by atoms with van der Waals surface area (Å²) in [6.45, 7) is 0. The fourth-order valence-corrected chi connectivity index (χ4v) is 3.30. The van der Waals surface area contributed by atoms with Crippen molar-refractivity contribution in [1.29, 1.82) is 0 Å². The Hall–Kier alpha value is -3.45. The number of H-pyrrole nitrogens is 1. The molecule has 2 heterocycles. The molecule has 128 valence electrons. The highest BCUT2D eigenvalue weighted by molar-refractivity contribution is 7.10. The van der Waals surface area contributed by atoms with E-state index in [0.717, 1.165) is 38.7 Å². The van der Waals surface area contributed by atoms with Crippen LogP contribution in [0.15, 0.2) is 75.2 Å². The largest absolute Gasteiger partial charge is 0.508 e. The Morgan fingerprint density at radius 2 is 1.85 bits per heavy atom. The van der Waals surface area contributed by atoms with Crippen LogP contribution in [0.5, 0.6) is 5.75 Å². The average molecular weight is 362 g/mol. The van der Waals surface area contributed by atoms with Crippen molar-refractivity contribution in [3.63, 3.8) is 0 Å². The van der Waals surface area contributed by atoms with E-state index >= 15 is 0 Å². The lowest BCUT2D eigenvalue weighted by atomic mass is 10.0. The topological polar surface area (TPSA) is 89.8 Å². The maximum absolute atomic E-state index is 11.9. The summed E-state index contributed by atoms with van der Waals surface area (Å²) in [6, 6.07) is 16.4. The van der Waals surface area contributed by atoms with Crippen molar-refractivity contribution in [2.24, 2.45) is 10.2 Å². The molecule has 1 aromatic heterocycles. The Bertz CT molecular complexity index is 1080. The van der Waals surface area contributed by atoms with Gasteiger partial charge in [0.2, 0.25) is 0 Å². The highest BCUT2D eigenvalue weighted by Crippen LogP contribution is 2.25. The Balaban J connectivity index is 1.67. The lowest BCUT2D eigenvalue weighted by Crippen LogP contribution is -2.02. The fourth-order valence-electron chi connectivity index (χ4n) is 2.56. The molecule has 0 bridgehead atoms. The van der Waals surface area contributed by atoms with Crippen LogP contribution >= 0.6 is 11.3 Å². The van der Waals surface area contributed by atoms with E-state index in [2.05, 4.69) is 20.5 Å². The number of allylic oxidation sites excluding steroid dienone is 1. The summed E-state index contributed by atoms with van der Waals surface area (Å²) >= 11 is 1.10. The standard InChI is InChI=1S/C19H14N4O2S/c24-15-8-6-14(7-9-15)21-18-16(26-19(25)22-18)10-13-11-20-23-17(13)12-4-2-1-3-5-12/h1-11,21,24H,(H,22,25)/b13-10+. The van der Waals surface area contributed by atoms with Crippen LogP contribution in [0, 0.1) is 0 Å². The van der Waals surface area contributed by atoms with Crippen LogP contribution in [0.4, 0.5) is 11.5 Å². The summed E-state index contributed by atoms with van der Waals surface area (Å²) in [7, 11) is 0. The lowest BCUT2D eigenvalue weighted by Gasteiger charge is -2.06. The zero-order valence-corrected chi connectivity index (χ0v) is 14.3. The van der Waals surface area contributed by atoms with Gasteiger partial charge >= 0.3 is 4.87 Å². The SMILES string of the molecule is O=c1[nH]c(Nc2ccc(O)cc2)c(/C=C2\C=NN=C2c2ccccc2)s1. The molecule has 1 aliphatic heterocycles. The second-order valence-electron chi connectivity index (χ2n) is 5.58. The molecule has 0 spiro atoms. The summed E-state index contributed by atoms with van der Waals surface area (Å²) in [5.41, 5.74) is 3.32. The molecule has 26 heavy (non-hydrogen) atoms. The second kappa shape index (κ2) is 6.81. The molecule has 0 fully saturated rings. The molecule has 4 rings (SSSR count). The second-order valence-corrected chi connectivity index (χ2v) is 6.60. The van der Waals surface area contributed by atoms with Gasteiger partial charge in [0.05, 0.1) is 11.1 Å². The van der Waals surface area contributed by atoms with Gasteiger partial charge in [0.15, 0.2) is 0 Å². The summed E-state index contributed by atoms with van der Waals surface area (Å²) in [5, 5.41) is 20.8. The van der Waals surface area contributed by atoms with Crippen molar-refractivity contribution in [2.45, 2.75) is 0 Å². The van der Waals surface area contributed by atoms with Crippen LogP contribution in [-0.2, 0) is 0 Å². The van der Waals surface area contributed by atoms with Gasteiger partial charge in [0, 0.05) is 16.8 Å². The first-order valence-corrected chi connectivity index (χ1v) is 8.68. The van der Waals surface area contributed by atoms with Crippen molar-refractivity contribution in [1.82, 2.24) is 4.98 Å². The van der Waals surface area contributed by atoms with E-state index in [-0.39, 0.29) is 10.6 Å². The van der Waals surface area contributed by atoms with E-state index in [1.807, 2.05) is 36.4 Å². The summed E-state index contributed by atoms with van der Waals surface area (Å²) in [6.07, 6.45) is 3.56. The summed E-state index contributed by atoms with van der Waals surface area (Å²) in [4.78, 5) is 15.3. The van der Waals surface area contributed by atoms with E-state index in [1.165, 1.54) is 0 Å². The predicted molar refractivity (Wildman–Crippen MR) is 106 cm³/mol. The van der Waals surface area contributed by atoms with Gasteiger partial charge in [-0.15, -0.1) is 5.10 Å². The molecule has 0 amide bonds. The van der Waals surface area contributed by atoms with Crippen LogP contribution in [0.25, 0.3) is 6.08 Å². The smallest absolute Gasteiger partial charge is 0.306 e. The number of nitrogens with one attached hydrogen (secondary N) is 2. The van der Waals surface area contributed by atoms with E-state index in [4.69, 9.17) is 0 Å². The van der Waals surface area contributed by atoms with Gasteiger partial charge in [0.25, 0.3) is 0 Å². The molecule has 0 radical (unpaired) electrons. The van der Waals surface area contributed by atoms with Gasteiger partial charge in [-0.05, 0) is 30.3 Å². The number of rotatable bonds is 4. The van der Waals surface area contributed by atoms with Crippen molar-refractivity contribution in [3.05, 3.63) is 80.3 Å². The Morgan fingerprint density at radius 1 is 1.08 bits per heavy atom. The van der Waals surface area contributed by atoms with Gasteiger partial charge < -0.3 is 10.4 Å². The predicted octanol–water partition coefficient (Wildman–Crippen LogP) is 3.76. The first kappa shape index (κ1) is 16.0. The minimum atomic E-state index is -0.161. The van der Waals surface area contributed by atoms with Crippen molar-refractivity contribution >= 4 is 40.8 Å². The molecule has 3 N–H and O–H groups in total. The van der Waals surface area contributed by atoms with Crippen LogP contribution in [0.3, 0.4) is 0 Å². The molecule has 7 heteroatoms. The van der Waals surface area contributed by atoms with E-state index in [9.17, 15) is 9.90 Å². The highest BCUT2D eigenvalue weighted by Gasteiger charge is 2.15. The van der Waals surface area contributed by atoms with Gasteiger partial charge in [-0.25, -0.2) is 0 Å². The summed E-state index contributed by atoms with van der Waals surface area (Å²) in [5.74, 6) is 0.772. The third-order valence-electron chi connectivity index (χ3n) is 3.77. The lowest BCUT2D eigenvalue weighted by molar-refractivity contribution is 0.475. The number of aromatic amines is 1. The van der Waals surface area contributed by atoms with Gasteiger partial charge in [0.1, 0.15) is 17.3 Å². The molecule has 0 saturated heterocycles. The van der Waals surface area contributed by atoms with Crippen LogP contribution in [0.2, 0.25) is 0 Å². The number of benzene rings is 2. The fraction of sp³-hybridized carbons (Fsp3) is 0. The highest BCUT2D eigenvalue weighted by atomic mass is 32.1. The molecule has 0 unspecified atom stereocenters. The van der Waals surface area contributed by atoms with Crippen LogP contribution in [0.1, 0.15) is 10.4 Å². The summed E-state index contributed by atoms with van der Waals surface area (Å²) < 4.78 is 0. The van der Waals surface area contributed by atoms with Crippen molar-refractivity contribution in [2.75, 3.05) is 5.32 Å². The van der Waals surface area contributed by atoms with E-state index < -0.39 is 0 Å². The normalized spacial score (nSPS) is 14.6. The maximum atomic E-state index is 11.9. The van der Waals surface area contributed by atoms with E-state index in [0.29, 0.717) is 5.82 Å². The third-order valence-corrected chi connectivity index (χ3v) is 4.60. The molecule has 1 aliphatic rings. The third kappa shape index (κ3) is 3.33. The average Bonchev–Trinajstić information content (AvgIpc) is 3.25. The Kier molecular flexibility index (Phi) is 4.20. The molecule has 6 nitrogen and oxygen atoms in total. The van der Waals surface area contributed by atoms with Crippen molar-refractivity contribution in [3.8, 4) is 5.75 Å². The first-order valence-electron chi connectivity index (χ1n) is 7.87. The number of aromatic hydroxyl groups is 1. The minimum absolute atomic E-state index is 0.161. The van der Waals surface area contributed by atoms with Crippen molar-refractivity contribution < 1.29 is 5.11 Å². The molecule has 0 atom stereocenters. The number of phenols is 1. The molecule has 3 aromatic rings. The maximum Gasteiger partial charge on any atom is 0.306 e. The quantitative estimate of drug-likeness (QED) is 0.617. The zero-order chi connectivity index (χ0) is 17.9. The minimum Gasteiger partial charge on any atom is -0.508 e. The Morgan fingerprint density at radius 3 is 2.62 bits per heavy atom. The number of nitrogens with zero attached hydrogens (tertiary/aromatic N) is 2. The molecule has 2 aromatic carbocycles. The van der Waals surface area contributed by atoms with Crippen LogP contribution < -0.4 is 10.2 Å². The molecular formula is C19H14N4O2S. The first-order chi connectivity index (χ1) is 12.7. The molecule has 0 saturated carbocycles. The number of hydrogen-bond donors (Lipinski definition) is 3.